The molecule has 0 spiro atoms. The third-order valence-electron chi connectivity index (χ3n) is 2.34. The van der Waals surface area contributed by atoms with Gasteiger partial charge in [0.25, 0.3) is 0 Å². The summed E-state index contributed by atoms with van der Waals surface area (Å²) in [4.78, 5) is 21.4. The lowest BCUT2D eigenvalue weighted by atomic mass is 10.4. The van der Waals surface area contributed by atoms with E-state index in [-0.39, 0.29) is 19.1 Å². The maximum Gasteiger partial charge on any atom is 0.241 e. The van der Waals surface area contributed by atoms with Crippen molar-refractivity contribution in [1.82, 2.24) is 14.9 Å². The second kappa shape index (κ2) is 7.13. The van der Waals surface area contributed by atoms with Crippen LogP contribution in [0.25, 0.3) is 0 Å². The number of amides is 1. The Kier molecular flexibility index (Phi) is 5.80. The number of halogens is 1. The molecule has 0 aliphatic heterocycles. The van der Waals surface area contributed by atoms with Gasteiger partial charge in [-0.1, -0.05) is 11.6 Å². The van der Waals surface area contributed by atoms with Crippen LogP contribution in [0.4, 0.5) is 5.82 Å². The fourth-order valence-corrected chi connectivity index (χ4v) is 1.43. The molecule has 1 amide bonds. The number of hydrogen-bond donors (Lipinski definition) is 1. The van der Waals surface area contributed by atoms with Crippen molar-refractivity contribution in [3.05, 3.63) is 17.0 Å². The number of anilines is 1. The SMILES string of the molecule is CCN(C)C(=O)CNc1cc(Cl)nc(COC)n1. The summed E-state index contributed by atoms with van der Waals surface area (Å²) in [6.45, 7) is 3.03. The fourth-order valence-electron chi connectivity index (χ4n) is 1.23. The molecule has 18 heavy (non-hydrogen) atoms. The zero-order valence-electron chi connectivity index (χ0n) is 10.7. The second-order valence-corrected chi connectivity index (χ2v) is 4.07. The predicted octanol–water partition coefficient (Wildman–Crippen LogP) is 1.17. The lowest BCUT2D eigenvalue weighted by molar-refractivity contribution is -0.127. The van der Waals surface area contributed by atoms with Crippen molar-refractivity contribution < 1.29 is 9.53 Å². The zero-order valence-corrected chi connectivity index (χ0v) is 11.5. The molecule has 0 aromatic carbocycles. The van der Waals surface area contributed by atoms with E-state index in [1.54, 1.807) is 25.1 Å². The van der Waals surface area contributed by atoms with Crippen LogP contribution in [0.5, 0.6) is 0 Å². The number of nitrogens with one attached hydrogen (secondary N) is 1. The zero-order chi connectivity index (χ0) is 13.5. The normalized spacial score (nSPS) is 10.2. The molecule has 0 atom stereocenters. The summed E-state index contributed by atoms with van der Waals surface area (Å²) in [5, 5.41) is 3.23. The molecule has 7 heteroatoms. The third kappa shape index (κ3) is 4.46. The highest BCUT2D eigenvalue weighted by Crippen LogP contribution is 2.11. The molecule has 1 rings (SSSR count). The van der Waals surface area contributed by atoms with Gasteiger partial charge in [0.2, 0.25) is 5.91 Å². The van der Waals surface area contributed by atoms with Crippen molar-refractivity contribution in [2.24, 2.45) is 0 Å². The van der Waals surface area contributed by atoms with Crippen molar-refractivity contribution in [3.8, 4) is 0 Å². The van der Waals surface area contributed by atoms with Crippen LogP contribution in [0, 0.1) is 0 Å². The molecule has 0 saturated heterocycles. The Balaban J connectivity index is 2.64. The van der Waals surface area contributed by atoms with E-state index in [4.69, 9.17) is 16.3 Å². The first-order valence-electron chi connectivity index (χ1n) is 5.57. The molecule has 1 heterocycles. The van der Waals surface area contributed by atoms with Crippen molar-refractivity contribution >= 4 is 23.3 Å². The summed E-state index contributed by atoms with van der Waals surface area (Å²) < 4.78 is 4.93. The Hall–Kier alpha value is -1.40. The van der Waals surface area contributed by atoms with E-state index < -0.39 is 0 Å². The summed E-state index contributed by atoms with van der Waals surface area (Å²) >= 11 is 5.85. The first-order valence-corrected chi connectivity index (χ1v) is 5.94. The average molecular weight is 273 g/mol. The Morgan fingerprint density at radius 3 is 2.89 bits per heavy atom. The second-order valence-electron chi connectivity index (χ2n) is 3.69. The number of hydrogen-bond acceptors (Lipinski definition) is 5. The van der Waals surface area contributed by atoms with Gasteiger partial charge in [0, 0.05) is 26.8 Å². The number of nitrogens with zero attached hydrogens (tertiary/aromatic N) is 3. The summed E-state index contributed by atoms with van der Waals surface area (Å²) in [5.74, 6) is 0.976. The summed E-state index contributed by atoms with van der Waals surface area (Å²) in [6.07, 6.45) is 0. The Bertz CT molecular complexity index is 414. The Labute approximate surface area is 111 Å². The highest BCUT2D eigenvalue weighted by atomic mass is 35.5. The van der Waals surface area contributed by atoms with Gasteiger partial charge in [0.15, 0.2) is 5.82 Å². The third-order valence-corrected chi connectivity index (χ3v) is 2.53. The molecule has 6 nitrogen and oxygen atoms in total. The van der Waals surface area contributed by atoms with E-state index in [0.717, 1.165) is 0 Å². The lowest BCUT2D eigenvalue weighted by Gasteiger charge is -2.15. The molecule has 1 aromatic heterocycles. The predicted molar refractivity (Wildman–Crippen MR) is 69.6 cm³/mol. The largest absolute Gasteiger partial charge is 0.377 e. The van der Waals surface area contributed by atoms with E-state index in [1.165, 1.54) is 0 Å². The van der Waals surface area contributed by atoms with Gasteiger partial charge in [-0.3, -0.25) is 4.79 Å². The van der Waals surface area contributed by atoms with Gasteiger partial charge >= 0.3 is 0 Å². The monoisotopic (exact) mass is 272 g/mol. The number of carbonyl (C=O) groups is 1. The molecule has 1 N–H and O–H groups in total. The van der Waals surface area contributed by atoms with Crippen LogP contribution in [-0.2, 0) is 16.1 Å². The summed E-state index contributed by atoms with van der Waals surface area (Å²) in [5.41, 5.74) is 0. The number of aromatic nitrogens is 2. The molecule has 1 aromatic rings. The molecule has 0 aliphatic rings. The number of carbonyl (C=O) groups excluding carboxylic acids is 1. The van der Waals surface area contributed by atoms with Gasteiger partial charge in [0.1, 0.15) is 17.6 Å². The Morgan fingerprint density at radius 2 is 2.28 bits per heavy atom. The van der Waals surface area contributed by atoms with Gasteiger partial charge < -0.3 is 15.0 Å². The standard InChI is InChI=1S/C11H17ClN4O2/c1-4-16(2)11(17)6-13-9-5-8(12)14-10(15-9)7-18-3/h5H,4,6-7H2,1-3H3,(H,13,14,15). The van der Waals surface area contributed by atoms with Crippen LogP contribution in [0.2, 0.25) is 5.15 Å². The van der Waals surface area contributed by atoms with Crippen LogP contribution in [-0.4, -0.2) is 48.0 Å². The first-order chi connectivity index (χ1) is 8.56. The van der Waals surface area contributed by atoms with Gasteiger partial charge in [-0.25, -0.2) is 9.97 Å². The molecule has 0 unspecified atom stereocenters. The molecule has 100 valence electrons. The summed E-state index contributed by atoms with van der Waals surface area (Å²) in [7, 11) is 3.30. The highest BCUT2D eigenvalue weighted by molar-refractivity contribution is 6.29. The van der Waals surface area contributed by atoms with Crippen LogP contribution >= 0.6 is 11.6 Å². The van der Waals surface area contributed by atoms with Crippen molar-refractivity contribution in [2.75, 3.05) is 32.6 Å². The maximum atomic E-state index is 11.6. The van der Waals surface area contributed by atoms with Gasteiger partial charge in [0.05, 0.1) is 6.54 Å². The number of ether oxygens (including phenoxy) is 1. The van der Waals surface area contributed by atoms with Crippen LogP contribution in [0.1, 0.15) is 12.7 Å². The molecule has 0 fully saturated rings. The van der Waals surface area contributed by atoms with Gasteiger partial charge in [-0.15, -0.1) is 0 Å². The Morgan fingerprint density at radius 1 is 1.56 bits per heavy atom. The first kappa shape index (κ1) is 14.7. The minimum Gasteiger partial charge on any atom is -0.377 e. The highest BCUT2D eigenvalue weighted by Gasteiger charge is 2.08. The smallest absolute Gasteiger partial charge is 0.241 e. The van der Waals surface area contributed by atoms with Crippen molar-refractivity contribution in [3.63, 3.8) is 0 Å². The van der Waals surface area contributed by atoms with Gasteiger partial charge in [-0.05, 0) is 6.92 Å². The topological polar surface area (TPSA) is 67.4 Å². The maximum absolute atomic E-state index is 11.6. The molecule has 0 radical (unpaired) electrons. The van der Waals surface area contributed by atoms with E-state index in [0.29, 0.717) is 23.3 Å². The fraction of sp³-hybridized carbons (Fsp3) is 0.545. The van der Waals surface area contributed by atoms with E-state index in [2.05, 4.69) is 15.3 Å². The van der Waals surface area contributed by atoms with E-state index >= 15 is 0 Å². The molecule has 0 saturated carbocycles. The van der Waals surface area contributed by atoms with E-state index in [9.17, 15) is 4.79 Å². The average Bonchev–Trinajstić information content (AvgIpc) is 2.34. The van der Waals surface area contributed by atoms with Crippen molar-refractivity contribution in [2.45, 2.75) is 13.5 Å². The molecule has 0 bridgehead atoms. The van der Waals surface area contributed by atoms with Gasteiger partial charge in [-0.2, -0.15) is 0 Å². The molecular weight excluding hydrogens is 256 g/mol. The van der Waals surface area contributed by atoms with Crippen LogP contribution in [0.3, 0.4) is 0 Å². The molecule has 0 aliphatic carbocycles. The van der Waals surface area contributed by atoms with Crippen LogP contribution in [0.15, 0.2) is 6.07 Å². The molecular formula is C11H17ClN4O2. The van der Waals surface area contributed by atoms with Crippen molar-refractivity contribution in [1.29, 1.82) is 0 Å². The number of likely N-dealkylation sites (N-methyl/N-ethyl adjacent to an activating group) is 1. The number of methoxy groups -OCH3 is 1. The lowest BCUT2D eigenvalue weighted by Crippen LogP contribution is -2.32. The quantitative estimate of drug-likeness (QED) is 0.788. The minimum atomic E-state index is -0.0134. The summed E-state index contributed by atoms with van der Waals surface area (Å²) in [6, 6.07) is 1.57. The van der Waals surface area contributed by atoms with Crippen LogP contribution < -0.4 is 5.32 Å². The minimum absolute atomic E-state index is 0.0134. The number of rotatable bonds is 6. The van der Waals surface area contributed by atoms with E-state index in [1.807, 2.05) is 6.92 Å².